The Morgan fingerprint density at radius 1 is 1.35 bits per heavy atom. The number of benzene rings is 1. The van der Waals surface area contributed by atoms with Gasteiger partial charge < -0.3 is 9.64 Å². The first kappa shape index (κ1) is 15.1. The summed E-state index contributed by atoms with van der Waals surface area (Å²) in [5.74, 6) is 0.798. The van der Waals surface area contributed by atoms with Crippen molar-refractivity contribution in [3.8, 4) is 5.75 Å². The highest BCUT2D eigenvalue weighted by molar-refractivity contribution is 9.10. The summed E-state index contributed by atoms with van der Waals surface area (Å²) < 4.78 is 6.43. The molecule has 0 aliphatic rings. The molecule has 1 aromatic carbocycles. The van der Waals surface area contributed by atoms with Crippen molar-refractivity contribution in [3.63, 3.8) is 0 Å². The summed E-state index contributed by atoms with van der Waals surface area (Å²) in [4.78, 5) is 15.2. The highest BCUT2D eigenvalue weighted by Gasteiger charge is 2.13. The molecule has 5 heteroatoms. The normalized spacial score (nSPS) is 10.3. The Balaban J connectivity index is 2.02. The molecule has 0 aliphatic carbocycles. The minimum atomic E-state index is 0.0116. The molecule has 0 aliphatic heterocycles. The predicted octanol–water partition coefficient (Wildman–Crippen LogP) is 4.18. The Morgan fingerprint density at radius 3 is 2.60 bits per heavy atom. The molecule has 0 bridgehead atoms. The van der Waals surface area contributed by atoms with Crippen LogP contribution in [0.1, 0.15) is 22.2 Å². The van der Waals surface area contributed by atoms with Gasteiger partial charge in [-0.05, 0) is 53.2 Å². The van der Waals surface area contributed by atoms with Gasteiger partial charge in [-0.1, -0.05) is 0 Å². The van der Waals surface area contributed by atoms with Crippen molar-refractivity contribution in [1.29, 1.82) is 0 Å². The minimum absolute atomic E-state index is 0.0116. The molecule has 1 heterocycles. The number of carbonyl (C=O) groups excluding carboxylic acids is 1. The van der Waals surface area contributed by atoms with Crippen LogP contribution >= 0.6 is 27.3 Å². The van der Waals surface area contributed by atoms with Crippen LogP contribution < -0.4 is 4.74 Å². The molecule has 0 spiro atoms. The predicted molar refractivity (Wildman–Crippen MR) is 85.4 cm³/mol. The maximum Gasteiger partial charge on any atom is 0.253 e. The zero-order chi connectivity index (χ0) is 14.5. The van der Waals surface area contributed by atoms with Crippen molar-refractivity contribution in [2.24, 2.45) is 0 Å². The number of nitrogens with zero attached hydrogens (tertiary/aromatic N) is 1. The third-order valence-corrected chi connectivity index (χ3v) is 4.46. The van der Waals surface area contributed by atoms with E-state index >= 15 is 0 Å². The number of ether oxygens (including phenoxy) is 1. The number of halogens is 1. The van der Waals surface area contributed by atoms with E-state index in [4.69, 9.17) is 4.74 Å². The maximum atomic E-state index is 12.3. The van der Waals surface area contributed by atoms with Crippen molar-refractivity contribution in [2.45, 2.75) is 13.5 Å². The van der Waals surface area contributed by atoms with Crippen molar-refractivity contribution < 1.29 is 9.53 Å². The van der Waals surface area contributed by atoms with Crippen molar-refractivity contribution >= 4 is 33.2 Å². The molecule has 1 amide bonds. The Morgan fingerprint density at radius 2 is 2.05 bits per heavy atom. The lowest BCUT2D eigenvalue weighted by molar-refractivity contribution is 0.0786. The quantitative estimate of drug-likeness (QED) is 0.806. The molecular weight excluding hydrogens is 338 g/mol. The smallest absolute Gasteiger partial charge is 0.253 e. The molecule has 20 heavy (non-hydrogen) atoms. The van der Waals surface area contributed by atoms with Crippen LogP contribution in [0.2, 0.25) is 0 Å². The standard InChI is InChI=1S/C15H16BrNO2S/c1-3-19-13-6-4-11(5-7-13)15(18)17(2)9-14-8-12(16)10-20-14/h4-8,10H,3,9H2,1-2H3. The lowest BCUT2D eigenvalue weighted by Crippen LogP contribution is -2.25. The number of thiophene rings is 1. The SMILES string of the molecule is CCOc1ccc(C(=O)N(C)Cc2cc(Br)cs2)cc1. The fourth-order valence-corrected chi connectivity index (χ4v) is 3.33. The minimum Gasteiger partial charge on any atom is -0.494 e. The van der Waals surface area contributed by atoms with Gasteiger partial charge >= 0.3 is 0 Å². The van der Waals surface area contributed by atoms with Gasteiger partial charge in [0.25, 0.3) is 5.91 Å². The lowest BCUT2D eigenvalue weighted by atomic mass is 10.2. The van der Waals surface area contributed by atoms with Crippen molar-refractivity contribution in [3.05, 3.63) is 50.6 Å². The molecule has 1 aromatic heterocycles. The van der Waals surface area contributed by atoms with Gasteiger partial charge in [-0.25, -0.2) is 0 Å². The monoisotopic (exact) mass is 353 g/mol. The molecule has 0 unspecified atom stereocenters. The fraction of sp³-hybridized carbons (Fsp3) is 0.267. The Labute approximate surface area is 131 Å². The third-order valence-electron chi connectivity index (χ3n) is 2.77. The third kappa shape index (κ3) is 3.84. The van der Waals surface area contributed by atoms with E-state index in [0.29, 0.717) is 18.7 Å². The topological polar surface area (TPSA) is 29.5 Å². The summed E-state index contributed by atoms with van der Waals surface area (Å²) in [6.45, 7) is 3.18. The molecule has 0 saturated heterocycles. The Bertz CT molecular complexity index is 580. The molecule has 2 aromatic rings. The first-order chi connectivity index (χ1) is 9.60. The van der Waals surface area contributed by atoms with Crippen LogP contribution in [-0.2, 0) is 6.54 Å². The van der Waals surface area contributed by atoms with E-state index in [1.807, 2.05) is 37.6 Å². The Kier molecular flexibility index (Phi) is 5.20. The summed E-state index contributed by atoms with van der Waals surface area (Å²) in [6, 6.07) is 9.29. The van der Waals surface area contributed by atoms with Crippen LogP contribution in [-0.4, -0.2) is 24.5 Å². The zero-order valence-corrected chi connectivity index (χ0v) is 13.8. The number of hydrogen-bond acceptors (Lipinski definition) is 3. The van der Waals surface area contributed by atoms with Crippen molar-refractivity contribution in [2.75, 3.05) is 13.7 Å². The van der Waals surface area contributed by atoms with E-state index in [1.165, 1.54) is 0 Å². The second kappa shape index (κ2) is 6.90. The molecule has 0 saturated carbocycles. The van der Waals surface area contributed by atoms with Crippen LogP contribution in [0.5, 0.6) is 5.75 Å². The highest BCUT2D eigenvalue weighted by Crippen LogP contribution is 2.21. The molecule has 0 radical (unpaired) electrons. The van der Waals surface area contributed by atoms with Gasteiger partial charge in [-0.3, -0.25) is 4.79 Å². The number of hydrogen-bond donors (Lipinski definition) is 0. The van der Waals surface area contributed by atoms with Gasteiger partial charge in [0.1, 0.15) is 5.75 Å². The van der Waals surface area contributed by atoms with Gasteiger partial charge in [0, 0.05) is 27.3 Å². The van der Waals surface area contributed by atoms with E-state index < -0.39 is 0 Å². The first-order valence-electron chi connectivity index (χ1n) is 6.31. The van der Waals surface area contributed by atoms with Crippen molar-refractivity contribution in [1.82, 2.24) is 4.90 Å². The summed E-state index contributed by atoms with van der Waals surface area (Å²) in [6.07, 6.45) is 0. The molecule has 106 valence electrons. The molecule has 0 atom stereocenters. The maximum absolute atomic E-state index is 12.3. The van der Waals surface area contributed by atoms with Gasteiger partial charge in [-0.15, -0.1) is 11.3 Å². The average Bonchev–Trinajstić information content (AvgIpc) is 2.84. The lowest BCUT2D eigenvalue weighted by Gasteiger charge is -2.16. The van der Waals surface area contributed by atoms with Gasteiger partial charge in [0.2, 0.25) is 0 Å². The van der Waals surface area contributed by atoms with E-state index in [2.05, 4.69) is 15.9 Å². The summed E-state index contributed by atoms with van der Waals surface area (Å²) in [7, 11) is 1.81. The number of rotatable bonds is 5. The number of amides is 1. The number of carbonyl (C=O) groups is 1. The molecular formula is C15H16BrNO2S. The van der Waals surface area contributed by atoms with E-state index in [9.17, 15) is 4.79 Å². The van der Waals surface area contributed by atoms with E-state index in [1.54, 1.807) is 28.4 Å². The summed E-state index contributed by atoms with van der Waals surface area (Å²) in [5.41, 5.74) is 0.673. The highest BCUT2D eigenvalue weighted by atomic mass is 79.9. The zero-order valence-electron chi connectivity index (χ0n) is 11.4. The van der Waals surface area contributed by atoms with E-state index in [-0.39, 0.29) is 5.91 Å². The largest absolute Gasteiger partial charge is 0.494 e. The molecule has 3 nitrogen and oxygen atoms in total. The second-order valence-electron chi connectivity index (χ2n) is 4.35. The Hall–Kier alpha value is -1.33. The summed E-state index contributed by atoms with van der Waals surface area (Å²) >= 11 is 5.06. The van der Waals surface area contributed by atoms with Crippen LogP contribution in [0.4, 0.5) is 0 Å². The van der Waals surface area contributed by atoms with Crippen LogP contribution in [0.15, 0.2) is 40.2 Å². The van der Waals surface area contributed by atoms with Crippen LogP contribution in [0, 0.1) is 0 Å². The summed E-state index contributed by atoms with van der Waals surface area (Å²) in [5, 5.41) is 2.02. The molecule has 2 rings (SSSR count). The van der Waals surface area contributed by atoms with Gasteiger partial charge in [-0.2, -0.15) is 0 Å². The first-order valence-corrected chi connectivity index (χ1v) is 7.98. The average molecular weight is 354 g/mol. The van der Waals surface area contributed by atoms with Gasteiger partial charge in [0.05, 0.1) is 13.2 Å². The molecule has 0 N–H and O–H groups in total. The van der Waals surface area contributed by atoms with Crippen LogP contribution in [0.25, 0.3) is 0 Å². The second-order valence-corrected chi connectivity index (χ2v) is 6.26. The van der Waals surface area contributed by atoms with Crippen LogP contribution in [0.3, 0.4) is 0 Å². The molecule has 0 fully saturated rings. The van der Waals surface area contributed by atoms with Gasteiger partial charge in [0.15, 0.2) is 0 Å². The fourth-order valence-electron chi connectivity index (χ4n) is 1.82. The van der Waals surface area contributed by atoms with E-state index in [0.717, 1.165) is 15.1 Å².